The molecule has 2 aliphatic carbocycles. The third kappa shape index (κ3) is 2.95. The van der Waals surface area contributed by atoms with Gasteiger partial charge in [0.1, 0.15) is 5.82 Å². The maximum absolute atomic E-state index is 12.7. The van der Waals surface area contributed by atoms with Crippen molar-refractivity contribution in [2.45, 2.75) is 32.6 Å². The van der Waals surface area contributed by atoms with E-state index in [1.54, 1.807) is 0 Å². The van der Waals surface area contributed by atoms with Crippen molar-refractivity contribution in [3.8, 4) is 5.69 Å². The zero-order valence-electron chi connectivity index (χ0n) is 13.1. The van der Waals surface area contributed by atoms with Crippen LogP contribution in [0.2, 0.25) is 0 Å². The average molecular weight is 328 g/mol. The molecule has 2 fully saturated rings. The lowest BCUT2D eigenvalue weighted by Gasteiger charge is -2.16. The summed E-state index contributed by atoms with van der Waals surface area (Å²) in [7, 11) is 0. The summed E-state index contributed by atoms with van der Waals surface area (Å²) < 4.78 is 2.42. The third-order valence-corrected chi connectivity index (χ3v) is 5.05. The largest absolute Gasteiger partial charge is 0.326 e. The second kappa shape index (κ2) is 5.60. The molecule has 2 aromatic rings. The van der Waals surface area contributed by atoms with Gasteiger partial charge in [0.15, 0.2) is 4.77 Å². The van der Waals surface area contributed by atoms with E-state index in [0.717, 1.165) is 17.2 Å². The van der Waals surface area contributed by atoms with E-state index in [4.69, 9.17) is 12.2 Å². The number of carbonyl (C=O) groups is 1. The number of hydrogen-bond acceptors (Lipinski definition) is 3. The molecule has 120 valence electrons. The number of benzene rings is 1. The number of nitrogens with one attached hydrogen (secondary N) is 2. The van der Waals surface area contributed by atoms with Gasteiger partial charge in [0, 0.05) is 11.6 Å². The zero-order valence-corrected chi connectivity index (χ0v) is 13.9. The van der Waals surface area contributed by atoms with Crippen LogP contribution in [0.1, 0.15) is 31.5 Å². The van der Waals surface area contributed by atoms with Crippen LogP contribution in [0.5, 0.6) is 0 Å². The van der Waals surface area contributed by atoms with Gasteiger partial charge < -0.3 is 5.32 Å². The molecule has 0 radical (unpaired) electrons. The molecule has 1 aromatic carbocycles. The van der Waals surface area contributed by atoms with E-state index in [1.807, 2.05) is 35.8 Å². The minimum Gasteiger partial charge on any atom is -0.326 e. The van der Waals surface area contributed by atoms with Crippen LogP contribution in [-0.2, 0) is 4.79 Å². The van der Waals surface area contributed by atoms with Crippen molar-refractivity contribution < 1.29 is 4.79 Å². The summed E-state index contributed by atoms with van der Waals surface area (Å²) in [6.07, 6.45) is 4.83. The molecule has 0 atom stereocenters. The maximum Gasteiger partial charge on any atom is 0.228 e. The fraction of sp³-hybridized carbons (Fsp3) is 0.471. The molecule has 5 nitrogen and oxygen atoms in total. The molecule has 1 amide bonds. The first-order chi connectivity index (χ1) is 11.1. The van der Waals surface area contributed by atoms with Crippen molar-refractivity contribution in [2.75, 3.05) is 5.32 Å². The summed E-state index contributed by atoms with van der Waals surface area (Å²) in [5.41, 5.74) is 1.73. The molecule has 2 saturated carbocycles. The molecule has 0 unspecified atom stereocenters. The Morgan fingerprint density at radius 3 is 2.61 bits per heavy atom. The van der Waals surface area contributed by atoms with E-state index in [1.165, 1.54) is 25.7 Å². The second-order valence-electron chi connectivity index (χ2n) is 6.65. The first-order valence-corrected chi connectivity index (χ1v) is 8.59. The lowest BCUT2D eigenvalue weighted by atomic mass is 9.97. The SMILES string of the molecule is Cc1n[nH]c(=S)n1-c1cccc(NC(=O)C(C2CC2)C2CC2)c1. The molecule has 0 saturated heterocycles. The first-order valence-electron chi connectivity index (χ1n) is 8.19. The number of nitrogens with zero attached hydrogens (tertiary/aromatic N) is 2. The first kappa shape index (κ1) is 14.6. The van der Waals surface area contributed by atoms with Crippen molar-refractivity contribution in [3.63, 3.8) is 0 Å². The summed E-state index contributed by atoms with van der Waals surface area (Å²) >= 11 is 5.27. The highest BCUT2D eigenvalue weighted by atomic mass is 32.1. The number of carbonyl (C=O) groups excluding carboxylic acids is 1. The van der Waals surface area contributed by atoms with Crippen LogP contribution in [0.4, 0.5) is 5.69 Å². The number of aryl methyl sites for hydroxylation is 1. The van der Waals surface area contributed by atoms with Crippen molar-refractivity contribution in [3.05, 3.63) is 34.9 Å². The third-order valence-electron chi connectivity index (χ3n) is 4.77. The quantitative estimate of drug-likeness (QED) is 0.824. The maximum atomic E-state index is 12.7. The van der Waals surface area contributed by atoms with Gasteiger partial charge in [-0.1, -0.05) is 6.07 Å². The van der Waals surface area contributed by atoms with Gasteiger partial charge in [-0.15, -0.1) is 0 Å². The van der Waals surface area contributed by atoms with Gasteiger partial charge in [-0.3, -0.25) is 14.5 Å². The predicted molar refractivity (Wildman–Crippen MR) is 91.1 cm³/mol. The van der Waals surface area contributed by atoms with Crippen molar-refractivity contribution in [2.24, 2.45) is 17.8 Å². The molecular formula is C17H20N4OS. The molecule has 0 bridgehead atoms. The molecule has 1 aromatic heterocycles. The van der Waals surface area contributed by atoms with E-state index < -0.39 is 0 Å². The van der Waals surface area contributed by atoms with Crippen molar-refractivity contribution >= 4 is 23.8 Å². The zero-order chi connectivity index (χ0) is 16.0. The Balaban J connectivity index is 1.57. The highest BCUT2D eigenvalue weighted by Gasteiger charge is 2.45. The Morgan fingerprint density at radius 1 is 1.35 bits per heavy atom. The number of amides is 1. The van der Waals surface area contributed by atoms with Gasteiger partial charge in [0.25, 0.3) is 0 Å². The molecule has 2 N–H and O–H groups in total. The van der Waals surface area contributed by atoms with Crippen LogP contribution in [0.25, 0.3) is 5.69 Å². The highest BCUT2D eigenvalue weighted by Crippen LogP contribution is 2.49. The minimum atomic E-state index is 0.180. The number of rotatable bonds is 5. The fourth-order valence-corrected chi connectivity index (χ4v) is 3.64. The second-order valence-corrected chi connectivity index (χ2v) is 7.04. The summed E-state index contributed by atoms with van der Waals surface area (Å²) in [5, 5.41) is 10.0. The van der Waals surface area contributed by atoms with Crippen LogP contribution in [0.15, 0.2) is 24.3 Å². The number of anilines is 1. The van der Waals surface area contributed by atoms with Gasteiger partial charge in [0.2, 0.25) is 5.91 Å². The number of aromatic amines is 1. The van der Waals surface area contributed by atoms with Crippen LogP contribution >= 0.6 is 12.2 Å². The van der Waals surface area contributed by atoms with Gasteiger partial charge in [-0.05, 0) is 74.9 Å². The highest BCUT2D eigenvalue weighted by molar-refractivity contribution is 7.71. The molecule has 0 spiro atoms. The number of H-pyrrole nitrogens is 1. The van der Waals surface area contributed by atoms with Gasteiger partial charge in [0.05, 0.1) is 5.69 Å². The fourth-order valence-electron chi connectivity index (χ4n) is 3.35. The topological polar surface area (TPSA) is 62.7 Å². The summed E-state index contributed by atoms with van der Waals surface area (Å²) in [4.78, 5) is 12.7. The molecule has 4 rings (SSSR count). The minimum absolute atomic E-state index is 0.180. The van der Waals surface area contributed by atoms with Gasteiger partial charge in [-0.2, -0.15) is 5.10 Å². The lowest BCUT2D eigenvalue weighted by molar-refractivity contribution is -0.121. The van der Waals surface area contributed by atoms with Crippen molar-refractivity contribution in [1.82, 2.24) is 14.8 Å². The Bertz CT molecular complexity index is 789. The monoisotopic (exact) mass is 328 g/mol. The van der Waals surface area contributed by atoms with Gasteiger partial charge in [-0.25, -0.2) is 0 Å². The van der Waals surface area contributed by atoms with E-state index in [2.05, 4.69) is 15.5 Å². The summed E-state index contributed by atoms with van der Waals surface area (Å²) in [6.45, 7) is 1.90. The molecular weight excluding hydrogens is 308 g/mol. The van der Waals surface area contributed by atoms with E-state index in [9.17, 15) is 4.79 Å². The molecule has 23 heavy (non-hydrogen) atoms. The number of aromatic nitrogens is 3. The summed E-state index contributed by atoms with van der Waals surface area (Å²) in [5.74, 6) is 2.40. The van der Waals surface area contributed by atoms with E-state index in [-0.39, 0.29) is 11.8 Å². The Labute approximate surface area is 140 Å². The smallest absolute Gasteiger partial charge is 0.228 e. The molecule has 1 heterocycles. The Hall–Kier alpha value is -1.95. The van der Waals surface area contributed by atoms with Crippen LogP contribution < -0.4 is 5.32 Å². The summed E-state index contributed by atoms with van der Waals surface area (Å²) in [6, 6.07) is 7.78. The van der Waals surface area contributed by atoms with Crippen LogP contribution in [-0.4, -0.2) is 20.7 Å². The van der Waals surface area contributed by atoms with E-state index in [0.29, 0.717) is 16.6 Å². The molecule has 0 aliphatic heterocycles. The Morgan fingerprint density at radius 2 is 2.04 bits per heavy atom. The van der Waals surface area contributed by atoms with Crippen molar-refractivity contribution in [1.29, 1.82) is 0 Å². The number of hydrogen-bond donors (Lipinski definition) is 2. The predicted octanol–water partition coefficient (Wildman–Crippen LogP) is 3.61. The standard InChI is InChI=1S/C17H20N4OS/c1-10-19-20-17(23)21(10)14-4-2-3-13(9-14)18-16(22)15(11-5-6-11)12-7-8-12/h2-4,9,11-12,15H,5-8H2,1H3,(H,18,22)(H,20,23). The van der Waals surface area contributed by atoms with Crippen LogP contribution in [0.3, 0.4) is 0 Å². The molecule has 6 heteroatoms. The van der Waals surface area contributed by atoms with E-state index >= 15 is 0 Å². The Kier molecular flexibility index (Phi) is 3.56. The van der Waals surface area contributed by atoms with Crippen LogP contribution in [0, 0.1) is 29.4 Å². The molecule has 2 aliphatic rings. The average Bonchev–Trinajstić information content (AvgIpc) is 3.42. The normalized spacial score (nSPS) is 17.5. The van der Waals surface area contributed by atoms with Gasteiger partial charge >= 0.3 is 0 Å². The lowest BCUT2D eigenvalue weighted by Crippen LogP contribution is -2.26.